The number of carbonyl (C=O) groups is 2. The first-order chi connectivity index (χ1) is 10.2. The fourth-order valence-corrected chi connectivity index (χ4v) is 2.64. The molecule has 0 N–H and O–H groups in total. The number of carbonyl (C=O) groups excluding carboxylic acids is 2. The molecule has 2 atom stereocenters. The van der Waals surface area contributed by atoms with E-state index in [1.807, 2.05) is 35.2 Å². The van der Waals surface area contributed by atoms with Gasteiger partial charge in [-0.2, -0.15) is 0 Å². The summed E-state index contributed by atoms with van der Waals surface area (Å²) in [4.78, 5) is 26.3. The summed E-state index contributed by atoms with van der Waals surface area (Å²) in [5.74, 6) is -1.24. The summed E-state index contributed by atoms with van der Waals surface area (Å²) in [5.41, 5.74) is 1.11. The van der Waals surface area contributed by atoms with E-state index in [2.05, 4.69) is 0 Å². The first kappa shape index (κ1) is 15.7. The maximum absolute atomic E-state index is 12.4. The Morgan fingerprint density at radius 1 is 1.33 bits per heavy atom. The summed E-state index contributed by atoms with van der Waals surface area (Å²) in [6, 6.07) is 9.50. The Hall–Kier alpha value is -1.72. The molecule has 1 heterocycles. The maximum atomic E-state index is 12.4. The molecule has 1 aliphatic rings. The highest BCUT2D eigenvalue weighted by Crippen LogP contribution is 2.23. The summed E-state index contributed by atoms with van der Waals surface area (Å²) in [7, 11) is 1.56. The molecule has 1 fully saturated rings. The van der Waals surface area contributed by atoms with Gasteiger partial charge in [0.2, 0.25) is 0 Å². The third kappa shape index (κ3) is 3.68. The molecule has 0 radical (unpaired) electrons. The minimum absolute atomic E-state index is 0.105. The second-order valence-corrected chi connectivity index (χ2v) is 5.09. The highest BCUT2D eigenvalue weighted by molar-refractivity contribution is 6.03. The summed E-state index contributed by atoms with van der Waals surface area (Å²) in [6.07, 6.45) is 0. The van der Waals surface area contributed by atoms with Crippen LogP contribution in [0.5, 0.6) is 0 Å². The van der Waals surface area contributed by atoms with Crippen LogP contribution in [0.4, 0.5) is 0 Å². The number of hydrogen-bond acceptors (Lipinski definition) is 5. The summed E-state index contributed by atoms with van der Waals surface area (Å²) < 4.78 is 10.1. The van der Waals surface area contributed by atoms with Crippen LogP contribution in [0.15, 0.2) is 30.3 Å². The lowest BCUT2D eigenvalue weighted by Crippen LogP contribution is -2.36. The van der Waals surface area contributed by atoms with E-state index in [1.54, 1.807) is 14.0 Å². The van der Waals surface area contributed by atoms with Crippen molar-refractivity contribution in [1.82, 2.24) is 4.90 Å². The molecule has 0 aliphatic carbocycles. The molecule has 0 spiro atoms. The molecule has 0 unspecified atom stereocenters. The highest BCUT2D eigenvalue weighted by Gasteiger charge is 2.44. The first-order valence-electron chi connectivity index (χ1n) is 7.14. The molecular weight excluding hydrogens is 270 g/mol. The van der Waals surface area contributed by atoms with Crippen molar-refractivity contribution >= 4 is 11.8 Å². The van der Waals surface area contributed by atoms with Gasteiger partial charge in [-0.3, -0.25) is 14.5 Å². The van der Waals surface area contributed by atoms with Crippen LogP contribution in [0.2, 0.25) is 0 Å². The molecule has 21 heavy (non-hydrogen) atoms. The number of ether oxygens (including phenoxy) is 2. The van der Waals surface area contributed by atoms with Crippen LogP contribution in [-0.4, -0.2) is 49.6 Å². The van der Waals surface area contributed by atoms with Gasteiger partial charge in [-0.05, 0) is 12.5 Å². The number of hydrogen-bond donors (Lipinski definition) is 0. The predicted molar refractivity (Wildman–Crippen MR) is 77.6 cm³/mol. The minimum atomic E-state index is -0.700. The summed E-state index contributed by atoms with van der Waals surface area (Å²) in [6.45, 7) is 3.33. The zero-order chi connectivity index (χ0) is 15.2. The number of methoxy groups -OCH3 is 1. The zero-order valence-corrected chi connectivity index (χ0v) is 12.5. The summed E-state index contributed by atoms with van der Waals surface area (Å²) in [5, 5.41) is 0. The van der Waals surface area contributed by atoms with Gasteiger partial charge in [0.1, 0.15) is 5.92 Å². The molecule has 1 aromatic carbocycles. The lowest BCUT2D eigenvalue weighted by molar-refractivity contribution is -0.150. The van der Waals surface area contributed by atoms with Crippen LogP contribution in [0.3, 0.4) is 0 Å². The standard InChI is InChI=1S/C16H21NO4/c1-3-21-16(19)13-10-17(14(11-20-2)15(13)18)9-12-7-5-4-6-8-12/h4-8,13-14H,3,9-11H2,1-2H3/t13-,14-/m1/s1. The average Bonchev–Trinajstić information content (AvgIpc) is 2.78. The van der Waals surface area contributed by atoms with E-state index in [-0.39, 0.29) is 18.4 Å². The van der Waals surface area contributed by atoms with Crippen molar-refractivity contribution in [1.29, 1.82) is 0 Å². The van der Waals surface area contributed by atoms with Crippen molar-refractivity contribution in [2.75, 3.05) is 26.9 Å². The zero-order valence-electron chi connectivity index (χ0n) is 12.5. The number of likely N-dealkylation sites (tertiary alicyclic amines) is 1. The molecule has 2 rings (SSSR count). The molecule has 0 bridgehead atoms. The number of ketones is 1. The molecule has 1 saturated heterocycles. The third-order valence-corrected chi connectivity index (χ3v) is 3.65. The van der Waals surface area contributed by atoms with Crippen LogP contribution in [0.25, 0.3) is 0 Å². The fraction of sp³-hybridized carbons (Fsp3) is 0.500. The van der Waals surface area contributed by atoms with Crippen molar-refractivity contribution in [2.45, 2.75) is 19.5 Å². The first-order valence-corrected chi connectivity index (χ1v) is 7.14. The van der Waals surface area contributed by atoms with Crippen molar-refractivity contribution in [2.24, 2.45) is 5.92 Å². The van der Waals surface area contributed by atoms with Crippen molar-refractivity contribution in [3.63, 3.8) is 0 Å². The van der Waals surface area contributed by atoms with E-state index in [0.29, 0.717) is 19.7 Å². The van der Waals surface area contributed by atoms with E-state index in [1.165, 1.54) is 0 Å². The number of esters is 1. The quantitative estimate of drug-likeness (QED) is 0.583. The topological polar surface area (TPSA) is 55.8 Å². The molecule has 114 valence electrons. The van der Waals surface area contributed by atoms with Crippen molar-refractivity contribution in [3.8, 4) is 0 Å². The second-order valence-electron chi connectivity index (χ2n) is 5.09. The number of nitrogens with zero attached hydrogens (tertiary/aromatic N) is 1. The van der Waals surface area contributed by atoms with Gasteiger partial charge in [0, 0.05) is 20.2 Å². The Bertz CT molecular complexity index is 488. The van der Waals surface area contributed by atoms with Crippen molar-refractivity contribution < 1.29 is 19.1 Å². The summed E-state index contributed by atoms with van der Waals surface area (Å²) >= 11 is 0. The van der Waals surface area contributed by atoms with Gasteiger partial charge >= 0.3 is 5.97 Å². The smallest absolute Gasteiger partial charge is 0.317 e. The van der Waals surface area contributed by atoms with E-state index < -0.39 is 11.9 Å². The molecule has 1 aliphatic heterocycles. The van der Waals surface area contributed by atoms with Crippen molar-refractivity contribution in [3.05, 3.63) is 35.9 Å². The Morgan fingerprint density at radius 2 is 2.05 bits per heavy atom. The van der Waals surface area contributed by atoms with E-state index in [0.717, 1.165) is 5.56 Å². The Balaban J connectivity index is 2.11. The predicted octanol–water partition coefficient (Wildman–Crippen LogP) is 1.27. The lowest BCUT2D eigenvalue weighted by Gasteiger charge is -2.22. The Labute approximate surface area is 124 Å². The van der Waals surface area contributed by atoms with Gasteiger partial charge < -0.3 is 9.47 Å². The van der Waals surface area contributed by atoms with Gasteiger partial charge in [-0.25, -0.2) is 0 Å². The Morgan fingerprint density at radius 3 is 2.67 bits per heavy atom. The molecule has 5 heteroatoms. The normalized spacial score (nSPS) is 22.5. The molecule has 0 aromatic heterocycles. The SMILES string of the molecule is CCOC(=O)[C@@H]1CN(Cc2ccccc2)[C@H](COC)C1=O. The minimum Gasteiger partial charge on any atom is -0.465 e. The van der Waals surface area contributed by atoms with E-state index in [9.17, 15) is 9.59 Å². The number of benzene rings is 1. The molecule has 0 amide bonds. The third-order valence-electron chi connectivity index (χ3n) is 3.65. The molecule has 0 saturated carbocycles. The van der Waals surface area contributed by atoms with Gasteiger partial charge in [0.25, 0.3) is 0 Å². The van der Waals surface area contributed by atoms with Gasteiger partial charge in [-0.1, -0.05) is 30.3 Å². The average molecular weight is 291 g/mol. The number of rotatable bonds is 6. The second kappa shape index (κ2) is 7.33. The van der Waals surface area contributed by atoms with Crippen LogP contribution in [0, 0.1) is 5.92 Å². The van der Waals surface area contributed by atoms with Gasteiger partial charge in [0.05, 0.1) is 19.3 Å². The molecule has 1 aromatic rings. The van der Waals surface area contributed by atoms with Crippen LogP contribution < -0.4 is 0 Å². The Kier molecular flexibility index (Phi) is 5.47. The van der Waals surface area contributed by atoms with Gasteiger partial charge in [0.15, 0.2) is 5.78 Å². The monoisotopic (exact) mass is 291 g/mol. The fourth-order valence-electron chi connectivity index (χ4n) is 2.64. The molecular formula is C16H21NO4. The lowest BCUT2D eigenvalue weighted by atomic mass is 10.0. The van der Waals surface area contributed by atoms with Crippen LogP contribution in [-0.2, 0) is 25.6 Å². The van der Waals surface area contributed by atoms with Crippen LogP contribution in [0.1, 0.15) is 12.5 Å². The van der Waals surface area contributed by atoms with E-state index >= 15 is 0 Å². The van der Waals surface area contributed by atoms with Crippen LogP contribution >= 0.6 is 0 Å². The van der Waals surface area contributed by atoms with Gasteiger partial charge in [-0.15, -0.1) is 0 Å². The number of Topliss-reactive ketones (excluding diaryl/α,β-unsaturated/α-hetero) is 1. The largest absolute Gasteiger partial charge is 0.465 e. The maximum Gasteiger partial charge on any atom is 0.317 e. The van der Waals surface area contributed by atoms with E-state index in [4.69, 9.17) is 9.47 Å². The highest BCUT2D eigenvalue weighted by atomic mass is 16.5. The molecule has 5 nitrogen and oxygen atoms in total.